The lowest BCUT2D eigenvalue weighted by molar-refractivity contribution is -0.120. The Labute approximate surface area is 190 Å². The van der Waals surface area contributed by atoms with Gasteiger partial charge in [0.15, 0.2) is 0 Å². The van der Waals surface area contributed by atoms with Crippen molar-refractivity contribution in [1.29, 1.82) is 0 Å². The first kappa shape index (κ1) is 22.3. The Hall–Kier alpha value is -2.95. The molecule has 32 heavy (non-hydrogen) atoms. The van der Waals surface area contributed by atoms with Crippen LogP contribution in [0.2, 0.25) is 5.02 Å². The third-order valence-corrected chi connectivity index (χ3v) is 7.70. The molecule has 2 amide bonds. The second kappa shape index (κ2) is 8.53. The SMILES string of the molecule is Cn1cc(S(=O)(=O)N2CCC(C(=O)Nc3cc(Cl)cc4cccnc34)CC2)cc1C(N)=O. The van der Waals surface area contributed by atoms with E-state index in [0.717, 1.165) is 5.39 Å². The van der Waals surface area contributed by atoms with Crippen molar-refractivity contribution >= 4 is 50.0 Å². The molecule has 0 radical (unpaired) electrons. The van der Waals surface area contributed by atoms with Crippen molar-refractivity contribution in [3.63, 3.8) is 0 Å². The molecule has 1 fully saturated rings. The summed E-state index contributed by atoms with van der Waals surface area (Å²) in [5, 5.41) is 4.20. The number of carbonyl (C=O) groups is 2. The molecule has 1 aliphatic heterocycles. The fraction of sp³-hybridized carbons (Fsp3) is 0.286. The summed E-state index contributed by atoms with van der Waals surface area (Å²) in [6, 6.07) is 8.35. The van der Waals surface area contributed by atoms with Gasteiger partial charge in [0.2, 0.25) is 15.9 Å². The number of benzene rings is 1. The first-order valence-electron chi connectivity index (χ1n) is 9.98. The third kappa shape index (κ3) is 4.21. The van der Waals surface area contributed by atoms with E-state index in [4.69, 9.17) is 17.3 Å². The molecule has 1 saturated heterocycles. The molecule has 2 aromatic heterocycles. The molecule has 0 bridgehead atoms. The van der Waals surface area contributed by atoms with E-state index in [-0.39, 0.29) is 35.5 Å². The van der Waals surface area contributed by atoms with Gasteiger partial charge in [-0.3, -0.25) is 14.6 Å². The number of nitrogens with two attached hydrogens (primary N) is 1. The smallest absolute Gasteiger partial charge is 0.265 e. The van der Waals surface area contributed by atoms with Gasteiger partial charge in [0.05, 0.1) is 11.2 Å². The number of halogens is 1. The lowest BCUT2D eigenvalue weighted by Crippen LogP contribution is -2.41. The number of aryl methyl sites for hydroxylation is 1. The van der Waals surface area contributed by atoms with Crippen LogP contribution in [0.25, 0.3) is 10.9 Å². The average molecular weight is 476 g/mol. The van der Waals surface area contributed by atoms with E-state index in [0.29, 0.717) is 29.1 Å². The fourth-order valence-electron chi connectivity index (χ4n) is 3.91. The minimum absolute atomic E-state index is 0.00757. The van der Waals surface area contributed by atoms with Crippen LogP contribution in [0.5, 0.6) is 0 Å². The summed E-state index contributed by atoms with van der Waals surface area (Å²) in [4.78, 5) is 28.6. The summed E-state index contributed by atoms with van der Waals surface area (Å²) in [5.41, 5.74) is 6.56. The lowest BCUT2D eigenvalue weighted by Gasteiger charge is -2.30. The van der Waals surface area contributed by atoms with Crippen LogP contribution >= 0.6 is 11.6 Å². The van der Waals surface area contributed by atoms with Crippen molar-refractivity contribution in [1.82, 2.24) is 13.9 Å². The van der Waals surface area contributed by atoms with Crippen molar-refractivity contribution < 1.29 is 18.0 Å². The van der Waals surface area contributed by atoms with Crippen LogP contribution in [-0.2, 0) is 21.9 Å². The molecule has 0 aliphatic carbocycles. The number of sulfonamides is 1. The highest BCUT2D eigenvalue weighted by molar-refractivity contribution is 7.89. The Kier molecular flexibility index (Phi) is 5.93. The Balaban J connectivity index is 1.45. The molecule has 1 aromatic carbocycles. The first-order chi connectivity index (χ1) is 15.2. The molecule has 4 rings (SSSR count). The van der Waals surface area contributed by atoms with Crippen molar-refractivity contribution in [3.8, 4) is 0 Å². The van der Waals surface area contributed by atoms with Gasteiger partial charge >= 0.3 is 0 Å². The number of anilines is 1. The topological polar surface area (TPSA) is 127 Å². The van der Waals surface area contributed by atoms with Gasteiger partial charge in [-0.2, -0.15) is 4.31 Å². The van der Waals surface area contributed by atoms with Gasteiger partial charge in [0.25, 0.3) is 5.91 Å². The summed E-state index contributed by atoms with van der Waals surface area (Å²) >= 11 is 6.17. The number of amides is 2. The molecule has 3 N–H and O–H groups in total. The number of hydrogen-bond acceptors (Lipinski definition) is 5. The van der Waals surface area contributed by atoms with Crippen molar-refractivity contribution in [2.45, 2.75) is 17.7 Å². The molecule has 0 atom stereocenters. The number of pyridine rings is 1. The zero-order valence-electron chi connectivity index (χ0n) is 17.3. The number of aromatic nitrogens is 2. The summed E-state index contributed by atoms with van der Waals surface area (Å²) in [6.45, 7) is 0.380. The van der Waals surface area contributed by atoms with Gasteiger partial charge in [0.1, 0.15) is 10.6 Å². The van der Waals surface area contributed by atoms with Crippen LogP contribution in [0.1, 0.15) is 23.3 Å². The first-order valence-corrected chi connectivity index (χ1v) is 11.8. The highest BCUT2D eigenvalue weighted by Crippen LogP contribution is 2.29. The van der Waals surface area contributed by atoms with Gasteiger partial charge in [-0.15, -0.1) is 0 Å². The number of hydrogen-bond donors (Lipinski definition) is 2. The van der Waals surface area contributed by atoms with E-state index in [1.807, 2.05) is 6.07 Å². The van der Waals surface area contributed by atoms with E-state index in [2.05, 4.69) is 10.3 Å². The van der Waals surface area contributed by atoms with E-state index >= 15 is 0 Å². The highest BCUT2D eigenvalue weighted by Gasteiger charge is 2.33. The number of rotatable bonds is 5. The number of fused-ring (bicyclic) bond motifs is 1. The van der Waals surface area contributed by atoms with Crippen LogP contribution in [0.4, 0.5) is 5.69 Å². The van der Waals surface area contributed by atoms with Crippen LogP contribution < -0.4 is 11.1 Å². The lowest BCUT2D eigenvalue weighted by atomic mass is 9.97. The second-order valence-corrected chi connectivity index (χ2v) is 10.1. The quantitative estimate of drug-likeness (QED) is 0.585. The minimum atomic E-state index is -3.79. The van der Waals surface area contributed by atoms with Gasteiger partial charge in [-0.1, -0.05) is 17.7 Å². The molecule has 1 aliphatic rings. The number of primary amides is 1. The van der Waals surface area contributed by atoms with E-state index in [1.54, 1.807) is 31.4 Å². The number of nitrogens with zero attached hydrogens (tertiary/aromatic N) is 3. The van der Waals surface area contributed by atoms with Gasteiger partial charge < -0.3 is 15.6 Å². The molecule has 11 heteroatoms. The number of piperidine rings is 1. The minimum Gasteiger partial charge on any atom is -0.364 e. The Morgan fingerprint density at radius 2 is 1.94 bits per heavy atom. The Morgan fingerprint density at radius 1 is 1.22 bits per heavy atom. The zero-order chi connectivity index (χ0) is 23.0. The van der Waals surface area contributed by atoms with Crippen molar-refractivity contribution in [3.05, 3.63) is 53.4 Å². The second-order valence-electron chi connectivity index (χ2n) is 7.73. The maximum Gasteiger partial charge on any atom is 0.265 e. The molecule has 3 aromatic rings. The Bertz CT molecular complexity index is 1310. The normalized spacial score (nSPS) is 15.7. The summed E-state index contributed by atoms with van der Waals surface area (Å²) in [6.07, 6.45) is 3.74. The molecule has 9 nitrogen and oxygen atoms in total. The number of nitrogens with one attached hydrogen (secondary N) is 1. The molecule has 168 valence electrons. The fourth-order valence-corrected chi connectivity index (χ4v) is 5.68. The zero-order valence-corrected chi connectivity index (χ0v) is 18.9. The maximum atomic E-state index is 13.0. The van der Waals surface area contributed by atoms with E-state index < -0.39 is 15.9 Å². The molecular formula is C21H22ClN5O4S. The van der Waals surface area contributed by atoms with E-state index in [9.17, 15) is 18.0 Å². The highest BCUT2D eigenvalue weighted by atomic mass is 35.5. The van der Waals surface area contributed by atoms with Crippen molar-refractivity contribution in [2.24, 2.45) is 18.7 Å². The molecule has 3 heterocycles. The summed E-state index contributed by atoms with van der Waals surface area (Å²) in [5.74, 6) is -1.25. The van der Waals surface area contributed by atoms with Gasteiger partial charge in [-0.25, -0.2) is 8.42 Å². The van der Waals surface area contributed by atoms with Gasteiger partial charge in [-0.05, 0) is 37.1 Å². The predicted octanol–water partition coefficient (Wildman–Crippen LogP) is 2.36. The summed E-state index contributed by atoms with van der Waals surface area (Å²) < 4.78 is 28.6. The monoisotopic (exact) mass is 475 g/mol. The van der Waals surface area contributed by atoms with Crippen LogP contribution in [0.15, 0.2) is 47.6 Å². The molecule has 0 unspecified atom stereocenters. The number of carbonyl (C=O) groups excluding carboxylic acids is 2. The van der Waals surface area contributed by atoms with Crippen LogP contribution in [-0.4, -0.2) is 47.2 Å². The largest absolute Gasteiger partial charge is 0.364 e. The Morgan fingerprint density at radius 3 is 2.59 bits per heavy atom. The average Bonchev–Trinajstić information content (AvgIpc) is 3.16. The third-order valence-electron chi connectivity index (χ3n) is 5.62. The van der Waals surface area contributed by atoms with Crippen LogP contribution in [0.3, 0.4) is 0 Å². The van der Waals surface area contributed by atoms with Gasteiger partial charge in [0, 0.05) is 48.9 Å². The van der Waals surface area contributed by atoms with Crippen molar-refractivity contribution in [2.75, 3.05) is 18.4 Å². The molecule has 0 spiro atoms. The van der Waals surface area contributed by atoms with E-state index in [1.165, 1.54) is 21.1 Å². The van der Waals surface area contributed by atoms with Crippen LogP contribution in [0, 0.1) is 5.92 Å². The maximum absolute atomic E-state index is 13.0. The molecule has 0 saturated carbocycles. The predicted molar refractivity (Wildman–Crippen MR) is 121 cm³/mol. The molecular weight excluding hydrogens is 454 g/mol. The summed E-state index contributed by atoms with van der Waals surface area (Å²) in [7, 11) is -2.23. The standard InChI is InChI=1S/C21H22ClN5O4S/c1-26-12-16(11-18(26)20(23)28)32(30,31)27-7-4-13(5-8-27)21(29)25-17-10-15(22)9-14-3-2-6-24-19(14)17/h2-3,6,9-13H,4-5,7-8H2,1H3,(H2,23,28)(H,25,29).